The molecule has 1 rings (SSSR count). The van der Waals surface area contributed by atoms with E-state index < -0.39 is 5.97 Å². The van der Waals surface area contributed by atoms with Gasteiger partial charge in [0.2, 0.25) is 0 Å². The van der Waals surface area contributed by atoms with Crippen LogP contribution in [-0.4, -0.2) is 46.4 Å². The molecule has 6 heteroatoms. The molecule has 1 aromatic rings. The van der Waals surface area contributed by atoms with E-state index in [4.69, 9.17) is 4.74 Å². The molecule has 92 valence electrons. The smallest absolute Gasteiger partial charge is 0.325 e. The highest BCUT2D eigenvalue weighted by atomic mass is 16.5. The van der Waals surface area contributed by atoms with Gasteiger partial charge in [0.05, 0.1) is 19.1 Å². The first-order chi connectivity index (χ1) is 8.19. The van der Waals surface area contributed by atoms with Gasteiger partial charge in [0.25, 0.3) is 5.91 Å². The number of carbonyl (C=O) groups excluding carboxylic acids is 2. The third-order valence-electron chi connectivity index (χ3n) is 1.99. The van der Waals surface area contributed by atoms with Crippen LogP contribution >= 0.6 is 0 Å². The van der Waals surface area contributed by atoms with Crippen molar-refractivity contribution in [3.05, 3.63) is 30.9 Å². The molecule has 0 saturated carbocycles. The van der Waals surface area contributed by atoms with Crippen LogP contribution in [0.2, 0.25) is 0 Å². The molecule has 1 amide bonds. The number of H-pyrrole nitrogens is 1. The fourth-order valence-electron chi connectivity index (χ4n) is 1.28. The first kappa shape index (κ1) is 13.0. The van der Waals surface area contributed by atoms with Crippen molar-refractivity contribution in [3.8, 4) is 0 Å². The van der Waals surface area contributed by atoms with Crippen molar-refractivity contribution < 1.29 is 14.3 Å². The second-order valence-electron chi connectivity index (χ2n) is 3.24. The standard InChI is InChI=1S/C11H15N3O3/c1-3-5-14(7-10(15)17-4-2)11(16)9-6-12-8-13-9/h3,6,8H,1,4-5,7H2,2H3,(H,12,13). The molecule has 17 heavy (non-hydrogen) atoms. The van der Waals surface area contributed by atoms with Gasteiger partial charge in [-0.1, -0.05) is 6.08 Å². The molecule has 0 aromatic carbocycles. The van der Waals surface area contributed by atoms with E-state index in [1.54, 1.807) is 13.0 Å². The maximum absolute atomic E-state index is 11.9. The second-order valence-corrected chi connectivity index (χ2v) is 3.24. The molecule has 0 atom stereocenters. The van der Waals surface area contributed by atoms with Crippen LogP contribution in [0.25, 0.3) is 0 Å². The molecule has 0 fully saturated rings. The highest BCUT2D eigenvalue weighted by molar-refractivity contribution is 5.94. The lowest BCUT2D eigenvalue weighted by Crippen LogP contribution is -2.36. The minimum absolute atomic E-state index is 0.0995. The van der Waals surface area contributed by atoms with Gasteiger partial charge in [-0.25, -0.2) is 4.98 Å². The van der Waals surface area contributed by atoms with Crippen LogP contribution in [0.3, 0.4) is 0 Å². The lowest BCUT2D eigenvalue weighted by molar-refractivity contribution is -0.143. The average Bonchev–Trinajstić information content (AvgIpc) is 2.81. The van der Waals surface area contributed by atoms with Crippen molar-refractivity contribution in [1.29, 1.82) is 0 Å². The zero-order valence-corrected chi connectivity index (χ0v) is 9.68. The summed E-state index contributed by atoms with van der Waals surface area (Å²) in [5, 5.41) is 0. The minimum Gasteiger partial charge on any atom is -0.465 e. The van der Waals surface area contributed by atoms with Gasteiger partial charge in [0, 0.05) is 6.54 Å². The van der Waals surface area contributed by atoms with E-state index in [2.05, 4.69) is 16.5 Å². The fraction of sp³-hybridized carbons (Fsp3) is 0.364. The molecule has 1 N–H and O–H groups in total. The zero-order chi connectivity index (χ0) is 12.7. The Kier molecular flexibility index (Phi) is 4.93. The highest BCUT2D eigenvalue weighted by Crippen LogP contribution is 2.01. The maximum Gasteiger partial charge on any atom is 0.325 e. The van der Waals surface area contributed by atoms with Crippen LogP contribution in [-0.2, 0) is 9.53 Å². The molecule has 0 aliphatic heterocycles. The number of aromatic amines is 1. The van der Waals surface area contributed by atoms with E-state index in [0.717, 1.165) is 0 Å². The van der Waals surface area contributed by atoms with Crippen LogP contribution in [0.4, 0.5) is 0 Å². The Labute approximate surface area is 99.3 Å². The first-order valence-corrected chi connectivity index (χ1v) is 5.23. The Balaban J connectivity index is 2.68. The highest BCUT2D eigenvalue weighted by Gasteiger charge is 2.19. The number of aromatic nitrogens is 2. The number of nitrogens with zero attached hydrogens (tertiary/aromatic N) is 2. The molecule has 0 unspecified atom stereocenters. The SMILES string of the molecule is C=CCN(CC(=O)OCC)C(=O)c1cnc[nH]1. The maximum atomic E-state index is 11.9. The zero-order valence-electron chi connectivity index (χ0n) is 9.68. The molecule has 1 aromatic heterocycles. The molecule has 0 aliphatic rings. The number of carbonyl (C=O) groups is 2. The van der Waals surface area contributed by atoms with Crippen LogP contribution in [0.1, 0.15) is 17.4 Å². The Bertz CT molecular complexity index is 387. The monoisotopic (exact) mass is 237 g/mol. The number of nitrogens with one attached hydrogen (secondary N) is 1. The molecule has 0 spiro atoms. The van der Waals surface area contributed by atoms with Gasteiger partial charge >= 0.3 is 5.97 Å². The summed E-state index contributed by atoms with van der Waals surface area (Å²) in [4.78, 5) is 31.0. The van der Waals surface area contributed by atoms with Crippen molar-refractivity contribution in [2.75, 3.05) is 19.7 Å². The van der Waals surface area contributed by atoms with E-state index in [1.165, 1.54) is 17.4 Å². The number of rotatable bonds is 6. The summed E-state index contributed by atoms with van der Waals surface area (Å²) < 4.78 is 4.79. The predicted octanol–water partition coefficient (Wildman–Crippen LogP) is 0.601. The molecular formula is C11H15N3O3. The number of hydrogen-bond acceptors (Lipinski definition) is 4. The summed E-state index contributed by atoms with van der Waals surface area (Å²) in [5.41, 5.74) is 0.330. The molecule has 0 bridgehead atoms. The van der Waals surface area contributed by atoms with Gasteiger partial charge in [0.1, 0.15) is 12.2 Å². The minimum atomic E-state index is -0.442. The third kappa shape index (κ3) is 3.75. The van der Waals surface area contributed by atoms with E-state index in [-0.39, 0.29) is 19.0 Å². The largest absolute Gasteiger partial charge is 0.465 e. The lowest BCUT2D eigenvalue weighted by atomic mass is 10.3. The number of imidazole rings is 1. The summed E-state index contributed by atoms with van der Waals surface area (Å²) in [6, 6.07) is 0. The lowest BCUT2D eigenvalue weighted by Gasteiger charge is -2.18. The van der Waals surface area contributed by atoms with Crippen molar-refractivity contribution in [3.63, 3.8) is 0 Å². The summed E-state index contributed by atoms with van der Waals surface area (Å²) in [6.45, 7) is 5.73. The van der Waals surface area contributed by atoms with Crippen LogP contribution in [0.5, 0.6) is 0 Å². The van der Waals surface area contributed by atoms with Crippen LogP contribution < -0.4 is 0 Å². The number of esters is 1. The molecule has 6 nitrogen and oxygen atoms in total. The van der Waals surface area contributed by atoms with Crippen molar-refractivity contribution >= 4 is 11.9 Å². The van der Waals surface area contributed by atoms with E-state index in [1.807, 2.05) is 0 Å². The summed E-state index contributed by atoms with van der Waals surface area (Å²) in [5.74, 6) is -0.752. The predicted molar refractivity (Wildman–Crippen MR) is 61.3 cm³/mol. The van der Waals surface area contributed by atoms with Gasteiger partial charge in [-0.2, -0.15) is 0 Å². The molecule has 0 saturated heterocycles. The molecule has 0 aliphatic carbocycles. The number of amides is 1. The second kappa shape index (κ2) is 6.47. The topological polar surface area (TPSA) is 75.3 Å². The number of hydrogen-bond donors (Lipinski definition) is 1. The molecular weight excluding hydrogens is 222 g/mol. The third-order valence-corrected chi connectivity index (χ3v) is 1.99. The van der Waals surface area contributed by atoms with Crippen molar-refractivity contribution in [2.24, 2.45) is 0 Å². The van der Waals surface area contributed by atoms with Gasteiger partial charge in [-0.15, -0.1) is 6.58 Å². The molecule has 0 radical (unpaired) electrons. The van der Waals surface area contributed by atoms with Gasteiger partial charge in [-0.3, -0.25) is 9.59 Å². The molecule has 1 heterocycles. The van der Waals surface area contributed by atoms with Gasteiger partial charge in [0.15, 0.2) is 0 Å². The average molecular weight is 237 g/mol. The summed E-state index contributed by atoms with van der Waals surface area (Å²) in [7, 11) is 0. The first-order valence-electron chi connectivity index (χ1n) is 5.23. The Morgan fingerprint density at radius 3 is 2.94 bits per heavy atom. The van der Waals surface area contributed by atoms with Gasteiger partial charge in [-0.05, 0) is 6.92 Å². The number of ether oxygens (including phenoxy) is 1. The normalized spacial score (nSPS) is 9.71. The quantitative estimate of drug-likeness (QED) is 0.580. The van der Waals surface area contributed by atoms with Crippen molar-refractivity contribution in [1.82, 2.24) is 14.9 Å². The van der Waals surface area contributed by atoms with Crippen LogP contribution in [0.15, 0.2) is 25.2 Å². The Hall–Kier alpha value is -2.11. The van der Waals surface area contributed by atoms with E-state index >= 15 is 0 Å². The van der Waals surface area contributed by atoms with Gasteiger partial charge < -0.3 is 14.6 Å². The van der Waals surface area contributed by atoms with Crippen molar-refractivity contribution in [2.45, 2.75) is 6.92 Å². The van der Waals surface area contributed by atoms with Crippen LogP contribution in [0, 0.1) is 0 Å². The Morgan fingerprint density at radius 1 is 1.65 bits per heavy atom. The fourth-order valence-corrected chi connectivity index (χ4v) is 1.28. The summed E-state index contributed by atoms with van der Waals surface area (Å²) >= 11 is 0. The van der Waals surface area contributed by atoms with E-state index in [0.29, 0.717) is 12.3 Å². The Morgan fingerprint density at radius 2 is 2.41 bits per heavy atom. The van der Waals surface area contributed by atoms with E-state index in [9.17, 15) is 9.59 Å². The summed E-state index contributed by atoms with van der Waals surface area (Å²) in [6.07, 6.45) is 4.36.